The summed E-state index contributed by atoms with van der Waals surface area (Å²) in [5.41, 5.74) is 4.20. The van der Waals surface area contributed by atoms with E-state index in [1.165, 1.54) is 18.4 Å². The normalized spacial score (nSPS) is 11.8. The largest absolute Gasteiger partial charge is 0.493 e. The number of carbonyl (C=O) groups is 2. The van der Waals surface area contributed by atoms with Crippen LogP contribution in [0, 0.1) is 5.92 Å². The minimum absolute atomic E-state index is 0.133. The predicted octanol–water partition coefficient (Wildman–Crippen LogP) is 9.04. The molecule has 230 valence electrons. The van der Waals surface area contributed by atoms with E-state index in [-0.39, 0.29) is 17.9 Å². The lowest BCUT2D eigenvalue weighted by atomic mass is 9.92. The van der Waals surface area contributed by atoms with Crippen molar-refractivity contribution in [3.63, 3.8) is 0 Å². The van der Waals surface area contributed by atoms with Gasteiger partial charge in [0.05, 0.1) is 25.4 Å². The van der Waals surface area contributed by atoms with Crippen molar-refractivity contribution in [1.29, 1.82) is 0 Å². The summed E-state index contributed by atoms with van der Waals surface area (Å²) < 4.78 is 16.4. The van der Waals surface area contributed by atoms with Crippen molar-refractivity contribution in [3.05, 3.63) is 107 Å². The van der Waals surface area contributed by atoms with Crippen molar-refractivity contribution in [2.45, 2.75) is 78.1 Å². The van der Waals surface area contributed by atoms with Crippen molar-refractivity contribution < 1.29 is 23.8 Å². The van der Waals surface area contributed by atoms with E-state index in [0.29, 0.717) is 31.8 Å². The molecule has 0 saturated carbocycles. The number of allylic oxidation sites excluding steroid dienone is 1. The molecule has 0 aliphatic carbocycles. The number of esters is 2. The van der Waals surface area contributed by atoms with Crippen LogP contribution in [0.5, 0.6) is 5.75 Å². The Morgan fingerprint density at radius 1 is 0.721 bits per heavy atom. The van der Waals surface area contributed by atoms with E-state index < -0.39 is 0 Å². The topological polar surface area (TPSA) is 61.8 Å². The van der Waals surface area contributed by atoms with E-state index in [1.54, 1.807) is 0 Å². The zero-order chi connectivity index (χ0) is 30.5. The first-order valence-corrected chi connectivity index (χ1v) is 15.9. The molecule has 43 heavy (non-hydrogen) atoms. The molecule has 3 aromatic rings. The Morgan fingerprint density at radius 3 is 2.21 bits per heavy atom. The van der Waals surface area contributed by atoms with Crippen molar-refractivity contribution in [3.8, 4) is 5.75 Å². The van der Waals surface area contributed by atoms with Crippen LogP contribution in [0.1, 0.15) is 92.3 Å². The summed E-state index contributed by atoms with van der Waals surface area (Å²) in [6, 6.07) is 26.5. The van der Waals surface area contributed by atoms with Crippen LogP contribution in [-0.2, 0) is 27.1 Å². The van der Waals surface area contributed by atoms with Crippen LogP contribution in [-0.4, -0.2) is 31.8 Å². The SMILES string of the molecule is CCOC(=O)CCCCC(/C=C/c1ccccc1OCCCCCCc1ccccc1)Cc1ccc(C(=O)OCC)cc1. The number of aryl methyl sites for hydroxylation is 1. The Kier molecular flexibility index (Phi) is 15.7. The average Bonchev–Trinajstić information content (AvgIpc) is 3.03. The number of ether oxygens (including phenoxy) is 3. The summed E-state index contributed by atoms with van der Waals surface area (Å²) in [5, 5.41) is 0. The molecule has 0 aliphatic rings. The Morgan fingerprint density at radius 2 is 1.44 bits per heavy atom. The molecular formula is C38H48O5. The zero-order valence-corrected chi connectivity index (χ0v) is 26.0. The first-order valence-electron chi connectivity index (χ1n) is 15.9. The maximum Gasteiger partial charge on any atom is 0.338 e. The minimum Gasteiger partial charge on any atom is -0.493 e. The molecule has 0 spiro atoms. The Balaban J connectivity index is 1.54. The lowest BCUT2D eigenvalue weighted by Gasteiger charge is -2.14. The van der Waals surface area contributed by atoms with Gasteiger partial charge in [-0.3, -0.25) is 4.79 Å². The number of carbonyl (C=O) groups excluding carboxylic acids is 2. The van der Waals surface area contributed by atoms with Crippen LogP contribution in [0.15, 0.2) is 84.9 Å². The molecular weight excluding hydrogens is 536 g/mol. The summed E-state index contributed by atoms with van der Waals surface area (Å²) in [6.07, 6.45) is 14.1. The van der Waals surface area contributed by atoms with Crippen LogP contribution >= 0.6 is 0 Å². The second-order valence-corrected chi connectivity index (χ2v) is 10.8. The molecule has 0 aliphatic heterocycles. The highest BCUT2D eigenvalue weighted by Crippen LogP contribution is 2.24. The van der Waals surface area contributed by atoms with E-state index in [4.69, 9.17) is 14.2 Å². The quantitative estimate of drug-likeness (QED) is 0.0979. The van der Waals surface area contributed by atoms with E-state index in [2.05, 4.69) is 48.6 Å². The molecule has 1 unspecified atom stereocenters. The molecule has 0 aromatic heterocycles. The van der Waals surface area contributed by atoms with Gasteiger partial charge in [0.25, 0.3) is 0 Å². The van der Waals surface area contributed by atoms with Gasteiger partial charge in [0.15, 0.2) is 0 Å². The summed E-state index contributed by atoms with van der Waals surface area (Å²) >= 11 is 0. The molecule has 0 fully saturated rings. The zero-order valence-electron chi connectivity index (χ0n) is 26.0. The third-order valence-corrected chi connectivity index (χ3v) is 7.40. The standard InChI is InChI=1S/C38H48O5/c1-3-41-37(39)22-14-11-19-32(30-33-24-27-35(28-25-33)38(40)42-4-2)23-26-34-20-12-13-21-36(34)43-29-15-6-5-8-16-31-17-9-7-10-18-31/h7,9-10,12-13,17-18,20-21,23-28,32H,3-6,8,11,14-16,19,22,29-30H2,1-2H3/b26-23+. The Hall–Kier alpha value is -3.86. The number of hydrogen-bond acceptors (Lipinski definition) is 5. The number of para-hydroxylation sites is 1. The molecule has 0 heterocycles. The van der Waals surface area contributed by atoms with Gasteiger partial charge in [-0.2, -0.15) is 0 Å². The lowest BCUT2D eigenvalue weighted by molar-refractivity contribution is -0.143. The summed E-state index contributed by atoms with van der Waals surface area (Å²) in [4.78, 5) is 23.8. The molecule has 0 N–H and O–H groups in total. The van der Waals surface area contributed by atoms with Crippen LogP contribution in [0.4, 0.5) is 0 Å². The van der Waals surface area contributed by atoms with Crippen molar-refractivity contribution >= 4 is 18.0 Å². The van der Waals surface area contributed by atoms with Gasteiger partial charge in [0, 0.05) is 12.0 Å². The van der Waals surface area contributed by atoms with Crippen molar-refractivity contribution in [2.24, 2.45) is 5.92 Å². The van der Waals surface area contributed by atoms with Gasteiger partial charge in [-0.1, -0.05) is 92.1 Å². The number of unbranched alkanes of at least 4 members (excludes halogenated alkanes) is 4. The van der Waals surface area contributed by atoms with Crippen molar-refractivity contribution in [1.82, 2.24) is 0 Å². The van der Waals surface area contributed by atoms with Crippen LogP contribution in [0.25, 0.3) is 6.08 Å². The van der Waals surface area contributed by atoms with Crippen LogP contribution in [0.2, 0.25) is 0 Å². The van der Waals surface area contributed by atoms with E-state index in [9.17, 15) is 9.59 Å². The molecule has 0 radical (unpaired) electrons. The van der Waals surface area contributed by atoms with Gasteiger partial charge in [-0.15, -0.1) is 0 Å². The summed E-state index contributed by atoms with van der Waals surface area (Å²) in [7, 11) is 0. The highest BCUT2D eigenvalue weighted by Gasteiger charge is 2.11. The number of hydrogen-bond donors (Lipinski definition) is 0. The average molecular weight is 585 g/mol. The van der Waals surface area contributed by atoms with Crippen LogP contribution in [0.3, 0.4) is 0 Å². The molecule has 3 aromatic carbocycles. The first kappa shape index (κ1) is 33.6. The number of rotatable bonds is 20. The third kappa shape index (κ3) is 13.3. The van der Waals surface area contributed by atoms with Gasteiger partial charge in [0.1, 0.15) is 5.75 Å². The molecule has 0 amide bonds. The molecule has 0 saturated heterocycles. The van der Waals surface area contributed by atoms with Gasteiger partial charge >= 0.3 is 11.9 Å². The monoisotopic (exact) mass is 584 g/mol. The van der Waals surface area contributed by atoms with Gasteiger partial charge in [0.2, 0.25) is 0 Å². The summed E-state index contributed by atoms with van der Waals surface area (Å²) in [6.45, 7) is 5.13. The smallest absolute Gasteiger partial charge is 0.338 e. The van der Waals surface area contributed by atoms with E-state index in [0.717, 1.165) is 61.8 Å². The van der Waals surface area contributed by atoms with Gasteiger partial charge in [-0.25, -0.2) is 4.79 Å². The predicted molar refractivity (Wildman–Crippen MR) is 174 cm³/mol. The third-order valence-electron chi connectivity index (χ3n) is 7.40. The molecule has 3 rings (SSSR count). The fourth-order valence-corrected chi connectivity index (χ4v) is 5.07. The highest BCUT2D eigenvalue weighted by atomic mass is 16.5. The molecule has 0 bridgehead atoms. The van der Waals surface area contributed by atoms with E-state index in [1.807, 2.05) is 56.3 Å². The molecule has 5 nitrogen and oxygen atoms in total. The fraction of sp³-hybridized carbons (Fsp3) is 0.421. The number of benzene rings is 3. The maximum absolute atomic E-state index is 12.1. The fourth-order valence-electron chi connectivity index (χ4n) is 5.07. The second kappa shape index (κ2) is 20.1. The maximum atomic E-state index is 12.1. The van der Waals surface area contributed by atoms with E-state index >= 15 is 0 Å². The molecule has 5 heteroatoms. The highest BCUT2D eigenvalue weighted by molar-refractivity contribution is 5.89. The molecule has 1 atom stereocenters. The Bertz CT molecular complexity index is 1230. The minimum atomic E-state index is -0.298. The lowest BCUT2D eigenvalue weighted by Crippen LogP contribution is -2.06. The van der Waals surface area contributed by atoms with Gasteiger partial charge in [-0.05, 0) is 87.6 Å². The first-order chi connectivity index (χ1) is 21.1. The Labute approximate surface area is 258 Å². The van der Waals surface area contributed by atoms with Gasteiger partial charge < -0.3 is 14.2 Å². The summed E-state index contributed by atoms with van der Waals surface area (Å²) in [5.74, 6) is 0.746. The second-order valence-electron chi connectivity index (χ2n) is 10.8. The van der Waals surface area contributed by atoms with Crippen molar-refractivity contribution in [2.75, 3.05) is 19.8 Å². The van der Waals surface area contributed by atoms with Crippen LogP contribution < -0.4 is 4.74 Å².